The number of carbonyl (C=O) groups excluding carboxylic acids is 1. The van der Waals surface area contributed by atoms with Crippen molar-refractivity contribution in [1.82, 2.24) is 15.0 Å². The topological polar surface area (TPSA) is 77.0 Å². The third-order valence-corrected chi connectivity index (χ3v) is 6.01. The highest BCUT2D eigenvalue weighted by Crippen LogP contribution is 2.31. The lowest BCUT2D eigenvalue weighted by molar-refractivity contribution is -0.116. The normalized spacial score (nSPS) is 11.1. The van der Waals surface area contributed by atoms with Gasteiger partial charge in [-0.3, -0.25) is 4.79 Å². The summed E-state index contributed by atoms with van der Waals surface area (Å²) in [5.74, 6) is -0.0611. The van der Waals surface area contributed by atoms with Crippen LogP contribution >= 0.6 is 23.1 Å². The Morgan fingerprint density at radius 1 is 1.13 bits per heavy atom. The molecule has 1 aromatic carbocycles. The van der Waals surface area contributed by atoms with Gasteiger partial charge in [-0.2, -0.15) is 8.78 Å². The van der Waals surface area contributed by atoms with Gasteiger partial charge in [-0.25, -0.2) is 15.0 Å². The molecule has 1 amide bonds. The Morgan fingerprint density at radius 2 is 1.77 bits per heavy atom. The Morgan fingerprint density at radius 3 is 2.35 bits per heavy atom. The maximum absolute atomic E-state index is 12.5. The Kier molecular flexibility index (Phi) is 7.55. The number of hydrogen-bond acceptors (Lipinski definition) is 7. The number of amides is 1. The number of aromatic nitrogens is 3. The second-order valence-corrected chi connectivity index (χ2v) is 8.71. The molecule has 0 fully saturated rings. The predicted molar refractivity (Wildman–Crippen MR) is 119 cm³/mol. The molecule has 0 spiro atoms. The Labute approximate surface area is 187 Å². The molecule has 0 bridgehead atoms. The van der Waals surface area contributed by atoms with E-state index >= 15 is 0 Å². The molecule has 31 heavy (non-hydrogen) atoms. The molecule has 0 radical (unpaired) electrons. The lowest BCUT2D eigenvalue weighted by atomic mass is 10.1. The number of ether oxygens (including phenoxy) is 1. The molecule has 1 N–H and O–H groups in total. The molecule has 0 saturated carbocycles. The van der Waals surface area contributed by atoms with Gasteiger partial charge >= 0.3 is 6.61 Å². The van der Waals surface area contributed by atoms with Crippen LogP contribution < -0.4 is 10.1 Å². The number of halogens is 2. The third kappa shape index (κ3) is 5.98. The second-order valence-electron chi connectivity index (χ2n) is 6.73. The monoisotopic (exact) mass is 464 g/mol. The summed E-state index contributed by atoms with van der Waals surface area (Å²) < 4.78 is 29.0. The van der Waals surface area contributed by atoms with Gasteiger partial charge in [0, 0.05) is 28.2 Å². The molecule has 2 aromatic heterocycles. The molecule has 0 aliphatic carbocycles. The van der Waals surface area contributed by atoms with Crippen LogP contribution in [0.5, 0.6) is 5.75 Å². The van der Waals surface area contributed by atoms with Gasteiger partial charge in [-0.05, 0) is 63.3 Å². The fourth-order valence-corrected chi connectivity index (χ4v) is 4.40. The number of nitrogens with one attached hydrogen (secondary N) is 1. The maximum Gasteiger partial charge on any atom is 0.387 e. The smallest absolute Gasteiger partial charge is 0.387 e. The lowest BCUT2D eigenvalue weighted by Gasteiger charge is -2.09. The summed E-state index contributed by atoms with van der Waals surface area (Å²) in [5.41, 5.74) is 4.20. The number of rotatable bonds is 8. The van der Waals surface area contributed by atoms with E-state index in [1.807, 2.05) is 27.0 Å². The molecule has 0 aliphatic rings. The molecule has 3 rings (SSSR count). The first kappa shape index (κ1) is 23.1. The van der Waals surface area contributed by atoms with Gasteiger partial charge in [0.25, 0.3) is 0 Å². The van der Waals surface area contributed by atoms with Crippen molar-refractivity contribution in [1.29, 1.82) is 0 Å². The first-order valence-electron chi connectivity index (χ1n) is 9.47. The number of nitrogens with zero attached hydrogens (tertiary/aromatic N) is 3. The minimum atomic E-state index is -2.86. The van der Waals surface area contributed by atoms with E-state index < -0.39 is 6.61 Å². The summed E-state index contributed by atoms with van der Waals surface area (Å²) in [6.07, 6.45) is 2.76. The van der Waals surface area contributed by atoms with Gasteiger partial charge < -0.3 is 10.1 Å². The number of thioether (sulfide) groups is 1. The summed E-state index contributed by atoms with van der Waals surface area (Å²) in [6.45, 7) is 2.88. The molecular weight excluding hydrogens is 442 g/mol. The van der Waals surface area contributed by atoms with Crippen LogP contribution in [0, 0.1) is 20.8 Å². The van der Waals surface area contributed by atoms with Crippen molar-refractivity contribution in [3.63, 3.8) is 0 Å². The number of alkyl halides is 2. The van der Waals surface area contributed by atoms with E-state index in [1.165, 1.54) is 35.2 Å². The second kappa shape index (κ2) is 10.1. The summed E-state index contributed by atoms with van der Waals surface area (Å²) in [6, 6.07) is 6.26. The van der Waals surface area contributed by atoms with Crippen LogP contribution in [0.25, 0.3) is 11.3 Å². The lowest BCUT2D eigenvalue weighted by Crippen LogP contribution is -2.13. The highest BCUT2D eigenvalue weighted by Gasteiger charge is 2.15. The molecule has 0 aliphatic heterocycles. The van der Waals surface area contributed by atoms with E-state index in [-0.39, 0.29) is 18.1 Å². The quantitative estimate of drug-likeness (QED) is 0.354. The average molecular weight is 465 g/mol. The van der Waals surface area contributed by atoms with E-state index in [4.69, 9.17) is 0 Å². The Hall–Kier alpha value is -2.59. The van der Waals surface area contributed by atoms with Crippen LogP contribution in [0.15, 0.2) is 29.4 Å². The number of aryl methyl sites for hydroxylation is 3. The zero-order chi connectivity index (χ0) is 22.5. The van der Waals surface area contributed by atoms with Gasteiger partial charge in [-0.15, -0.1) is 11.3 Å². The summed E-state index contributed by atoms with van der Waals surface area (Å²) in [5, 5.41) is 4.06. The van der Waals surface area contributed by atoms with Crippen molar-refractivity contribution >= 4 is 34.1 Å². The first-order valence-corrected chi connectivity index (χ1v) is 11.5. The van der Waals surface area contributed by atoms with Gasteiger partial charge in [-0.1, -0.05) is 11.8 Å². The van der Waals surface area contributed by atoms with E-state index in [9.17, 15) is 13.6 Å². The molecule has 6 nitrogen and oxygen atoms in total. The third-order valence-electron chi connectivity index (χ3n) is 4.58. The van der Waals surface area contributed by atoms with Crippen molar-refractivity contribution in [2.75, 3.05) is 11.6 Å². The van der Waals surface area contributed by atoms with Crippen molar-refractivity contribution in [3.8, 4) is 17.0 Å². The van der Waals surface area contributed by atoms with Gasteiger partial charge in [0.05, 0.1) is 5.69 Å². The summed E-state index contributed by atoms with van der Waals surface area (Å²) in [7, 11) is 0. The average Bonchev–Trinajstić information content (AvgIpc) is 3.07. The number of hydrogen-bond donors (Lipinski definition) is 1. The van der Waals surface area contributed by atoms with Crippen molar-refractivity contribution < 1.29 is 18.3 Å². The number of thiazole rings is 1. The van der Waals surface area contributed by atoms with E-state index in [0.717, 1.165) is 32.5 Å². The van der Waals surface area contributed by atoms with Crippen molar-refractivity contribution in [3.05, 3.63) is 46.1 Å². The number of anilines is 1. The molecule has 164 valence electrons. The highest BCUT2D eigenvalue weighted by molar-refractivity contribution is 7.98. The molecule has 0 saturated heterocycles. The van der Waals surface area contributed by atoms with Gasteiger partial charge in [0.1, 0.15) is 5.75 Å². The Bertz CT molecular complexity index is 1050. The van der Waals surface area contributed by atoms with E-state index in [1.54, 1.807) is 12.1 Å². The SMILES string of the molecule is CSc1nc(C)c(CCC(=O)Nc2nc(-c3ccc(OC(F)F)cc3)c(C)s2)c(C)n1. The molecule has 2 heterocycles. The van der Waals surface area contributed by atoms with Crippen molar-refractivity contribution in [2.24, 2.45) is 0 Å². The standard InChI is InChI=1S/C21H22F2N4O2S2/c1-11-16(12(2)25-20(24-11)30-4)9-10-17(28)26-21-27-18(13(3)31-21)14-5-7-15(8-6-14)29-19(22)23/h5-8,19H,9-10H2,1-4H3,(H,26,27,28). The fraction of sp³-hybridized carbons (Fsp3) is 0.333. The zero-order valence-electron chi connectivity index (χ0n) is 17.5. The maximum atomic E-state index is 12.5. The fourth-order valence-electron chi connectivity index (χ4n) is 3.09. The molecular formula is C21H22F2N4O2S2. The van der Waals surface area contributed by atoms with Crippen LogP contribution in [0.2, 0.25) is 0 Å². The summed E-state index contributed by atoms with van der Waals surface area (Å²) in [4.78, 5) is 26.7. The molecule has 10 heteroatoms. The zero-order valence-corrected chi connectivity index (χ0v) is 19.2. The first-order chi connectivity index (χ1) is 14.8. The predicted octanol–water partition coefficient (Wildman–Crippen LogP) is 5.42. The minimum Gasteiger partial charge on any atom is -0.435 e. The minimum absolute atomic E-state index is 0.0836. The van der Waals surface area contributed by atoms with Crippen LogP contribution in [-0.2, 0) is 11.2 Å². The molecule has 0 unspecified atom stereocenters. The van der Waals surface area contributed by atoms with E-state index in [2.05, 4.69) is 25.0 Å². The number of benzene rings is 1. The highest BCUT2D eigenvalue weighted by atomic mass is 32.2. The van der Waals surface area contributed by atoms with Gasteiger partial charge in [0.2, 0.25) is 5.91 Å². The van der Waals surface area contributed by atoms with Crippen LogP contribution in [0.1, 0.15) is 28.2 Å². The number of carbonyl (C=O) groups is 1. The Balaban J connectivity index is 1.64. The summed E-state index contributed by atoms with van der Waals surface area (Å²) >= 11 is 2.85. The van der Waals surface area contributed by atoms with E-state index in [0.29, 0.717) is 17.2 Å². The van der Waals surface area contributed by atoms with Crippen molar-refractivity contribution in [2.45, 2.75) is 45.4 Å². The van der Waals surface area contributed by atoms with Crippen LogP contribution in [-0.4, -0.2) is 33.7 Å². The van der Waals surface area contributed by atoms with Crippen LogP contribution in [0.4, 0.5) is 13.9 Å². The largest absolute Gasteiger partial charge is 0.435 e. The molecule has 0 atom stereocenters. The van der Waals surface area contributed by atoms with Crippen LogP contribution in [0.3, 0.4) is 0 Å². The van der Waals surface area contributed by atoms with Gasteiger partial charge in [0.15, 0.2) is 10.3 Å². The molecule has 3 aromatic rings.